The van der Waals surface area contributed by atoms with Crippen LogP contribution in [-0.2, 0) is 13.0 Å². The predicted molar refractivity (Wildman–Crippen MR) is 152 cm³/mol. The van der Waals surface area contributed by atoms with Crippen LogP contribution in [0.15, 0.2) is 47.5 Å². The van der Waals surface area contributed by atoms with Crippen molar-refractivity contribution in [2.24, 2.45) is 0 Å². The van der Waals surface area contributed by atoms with Crippen LogP contribution in [0, 0.1) is 0 Å². The van der Waals surface area contributed by atoms with Crippen molar-refractivity contribution >= 4 is 43.6 Å². The van der Waals surface area contributed by atoms with Crippen molar-refractivity contribution in [1.29, 1.82) is 0 Å². The standard InChI is InChI=1S/C18H12N3O.3C4H9.Sn/c22-18-14-10-19-7-5-11(14)9-16-17-13(6-8-21(16)18)12-3-1-2-4-15(12)20-17;3*1-3-4-2;/h1-4,7,9-10,20H,6,8H2;3*1,3-4H2,2H3;. The van der Waals surface area contributed by atoms with Gasteiger partial charge in [0.05, 0.1) is 0 Å². The van der Waals surface area contributed by atoms with Gasteiger partial charge in [-0.2, -0.15) is 0 Å². The number of aryl methyl sites for hydroxylation is 1. The van der Waals surface area contributed by atoms with E-state index in [4.69, 9.17) is 4.98 Å². The average molecular weight is 576 g/mol. The molecule has 0 spiro atoms. The fraction of sp³-hybridized carbons (Fsp3) is 0.467. The third kappa shape index (κ3) is 4.36. The van der Waals surface area contributed by atoms with Gasteiger partial charge in [-0.25, -0.2) is 0 Å². The summed E-state index contributed by atoms with van der Waals surface area (Å²) in [6.07, 6.45) is 12.5. The number of benzene rings is 1. The molecule has 5 heteroatoms. The molecular formula is C30H39N3OSn. The molecule has 0 saturated heterocycles. The van der Waals surface area contributed by atoms with Gasteiger partial charge in [-0.15, -0.1) is 0 Å². The summed E-state index contributed by atoms with van der Waals surface area (Å²) in [6.45, 7) is 7.69. The second-order valence-corrected chi connectivity index (χ2v) is 23.6. The maximum absolute atomic E-state index is 13.9. The third-order valence-corrected chi connectivity index (χ3v) is 23.9. The second kappa shape index (κ2) is 10.5. The molecule has 0 unspecified atom stereocenters. The van der Waals surface area contributed by atoms with Gasteiger partial charge in [-0.3, -0.25) is 0 Å². The first-order valence-electron chi connectivity index (χ1n) is 13.8. The molecule has 0 aliphatic carbocycles. The molecule has 0 atom stereocenters. The number of para-hydroxylation sites is 1. The molecule has 3 aromatic heterocycles. The topological polar surface area (TPSA) is 50.7 Å². The Kier molecular flexibility index (Phi) is 7.38. The second-order valence-electron chi connectivity index (χ2n) is 10.5. The molecule has 35 heavy (non-hydrogen) atoms. The summed E-state index contributed by atoms with van der Waals surface area (Å²) in [7, 11) is 0. The normalized spacial score (nSPS) is 13.3. The Bertz CT molecular complexity index is 1380. The number of H-pyrrole nitrogens is 1. The van der Waals surface area contributed by atoms with Crippen LogP contribution in [0.1, 0.15) is 64.9 Å². The van der Waals surface area contributed by atoms with Crippen molar-refractivity contribution in [3.8, 4) is 11.4 Å². The van der Waals surface area contributed by atoms with E-state index in [1.165, 1.54) is 71.8 Å². The van der Waals surface area contributed by atoms with E-state index in [9.17, 15) is 4.79 Å². The Morgan fingerprint density at radius 1 is 0.914 bits per heavy atom. The van der Waals surface area contributed by atoms with E-state index in [0.717, 1.165) is 35.3 Å². The number of hydrogen-bond acceptors (Lipinski definition) is 2. The molecule has 0 saturated carbocycles. The van der Waals surface area contributed by atoms with Gasteiger partial charge < -0.3 is 0 Å². The minimum absolute atomic E-state index is 0.137. The zero-order chi connectivity index (χ0) is 24.4. The van der Waals surface area contributed by atoms with E-state index in [1.54, 1.807) is 0 Å². The number of fused-ring (bicyclic) bond motifs is 6. The van der Waals surface area contributed by atoms with Crippen LogP contribution < -0.4 is 9.14 Å². The average Bonchev–Trinajstić information content (AvgIpc) is 3.28. The number of hydrogen-bond donors (Lipinski definition) is 1. The Morgan fingerprint density at radius 2 is 1.60 bits per heavy atom. The number of nitrogens with one attached hydrogen (secondary N) is 1. The van der Waals surface area contributed by atoms with Crippen LogP contribution in [0.25, 0.3) is 33.1 Å². The van der Waals surface area contributed by atoms with E-state index in [2.05, 4.69) is 62.3 Å². The monoisotopic (exact) mass is 577 g/mol. The molecule has 1 aromatic carbocycles. The van der Waals surface area contributed by atoms with Gasteiger partial charge in [0.25, 0.3) is 0 Å². The molecule has 184 valence electrons. The Hall–Kier alpha value is -2.08. The van der Waals surface area contributed by atoms with Gasteiger partial charge in [-0.1, -0.05) is 0 Å². The Labute approximate surface area is 213 Å². The van der Waals surface area contributed by atoms with Crippen LogP contribution in [0.2, 0.25) is 13.3 Å². The molecule has 0 amide bonds. The summed E-state index contributed by atoms with van der Waals surface area (Å²) in [5.74, 6) is 0. The molecule has 5 rings (SSSR count). The number of rotatable bonds is 10. The first-order valence-corrected chi connectivity index (χ1v) is 21.2. The van der Waals surface area contributed by atoms with E-state index in [-0.39, 0.29) is 5.56 Å². The van der Waals surface area contributed by atoms with Crippen LogP contribution >= 0.6 is 0 Å². The summed E-state index contributed by atoms with van der Waals surface area (Å²) in [6, 6.07) is 10.9. The molecule has 1 N–H and O–H groups in total. The number of nitrogens with zero attached hydrogens (tertiary/aromatic N) is 2. The van der Waals surface area contributed by atoms with Gasteiger partial charge in [0, 0.05) is 0 Å². The van der Waals surface area contributed by atoms with E-state index >= 15 is 0 Å². The Morgan fingerprint density at radius 3 is 2.29 bits per heavy atom. The summed E-state index contributed by atoms with van der Waals surface area (Å²) in [5, 5.41) is 3.33. The number of aromatic nitrogens is 3. The minimum atomic E-state index is -2.78. The van der Waals surface area contributed by atoms with Gasteiger partial charge in [-0.05, 0) is 0 Å². The fourth-order valence-electron chi connectivity index (χ4n) is 6.34. The molecule has 0 radical (unpaired) electrons. The molecule has 4 nitrogen and oxygen atoms in total. The van der Waals surface area contributed by atoms with Crippen molar-refractivity contribution in [3.05, 3.63) is 58.6 Å². The van der Waals surface area contributed by atoms with Crippen LogP contribution in [0.3, 0.4) is 0 Å². The zero-order valence-electron chi connectivity index (χ0n) is 21.6. The fourth-order valence-corrected chi connectivity index (χ4v) is 22.8. The van der Waals surface area contributed by atoms with E-state index < -0.39 is 18.4 Å². The third-order valence-electron chi connectivity index (χ3n) is 8.29. The molecular weight excluding hydrogens is 537 g/mol. The molecule has 0 fully saturated rings. The van der Waals surface area contributed by atoms with Gasteiger partial charge in [0.1, 0.15) is 0 Å². The quantitative estimate of drug-likeness (QED) is 0.204. The van der Waals surface area contributed by atoms with Gasteiger partial charge in [0.15, 0.2) is 0 Å². The van der Waals surface area contributed by atoms with Crippen LogP contribution in [-0.4, -0.2) is 32.9 Å². The summed E-state index contributed by atoms with van der Waals surface area (Å²) < 4.78 is 7.63. The van der Waals surface area contributed by atoms with E-state index in [1.807, 2.05) is 10.8 Å². The zero-order valence-corrected chi connectivity index (χ0v) is 24.5. The molecule has 4 heterocycles. The summed E-state index contributed by atoms with van der Waals surface area (Å²) in [5.41, 5.74) is 4.85. The van der Waals surface area contributed by atoms with Crippen molar-refractivity contribution < 1.29 is 0 Å². The number of aromatic amines is 1. The SMILES string of the molecule is CCC[CH2][Sn]([CH2]CCC)([CH2]CCC)[c]1cncc2c(=O)n3c(cc12)-c1[nH]c2ccccc2c1CC3. The van der Waals surface area contributed by atoms with Crippen LogP contribution in [0.5, 0.6) is 0 Å². The Balaban J connectivity index is 1.76. The van der Waals surface area contributed by atoms with Crippen LogP contribution in [0.4, 0.5) is 0 Å². The molecule has 1 aliphatic rings. The summed E-state index contributed by atoms with van der Waals surface area (Å²) in [4.78, 5) is 22.2. The molecule has 1 aliphatic heterocycles. The van der Waals surface area contributed by atoms with Crippen molar-refractivity contribution in [2.75, 3.05) is 0 Å². The summed E-state index contributed by atoms with van der Waals surface area (Å²) >= 11 is -2.78. The van der Waals surface area contributed by atoms with E-state index in [0.29, 0.717) is 0 Å². The van der Waals surface area contributed by atoms with Crippen molar-refractivity contribution in [3.63, 3.8) is 0 Å². The molecule has 0 bridgehead atoms. The number of pyridine rings is 2. The predicted octanol–water partition coefficient (Wildman–Crippen LogP) is 7.16. The van der Waals surface area contributed by atoms with Crippen molar-refractivity contribution in [2.45, 2.75) is 85.6 Å². The van der Waals surface area contributed by atoms with Gasteiger partial charge in [0.2, 0.25) is 0 Å². The number of unbranched alkanes of at least 4 members (excludes halogenated alkanes) is 3. The maximum atomic E-state index is 13.9. The van der Waals surface area contributed by atoms with Crippen molar-refractivity contribution in [1.82, 2.24) is 14.5 Å². The van der Waals surface area contributed by atoms with Gasteiger partial charge >= 0.3 is 214 Å². The first-order chi connectivity index (χ1) is 17.1. The first kappa shape index (κ1) is 24.6. The molecule has 4 aromatic rings.